The molecule has 4 nitrogen and oxygen atoms in total. The third-order valence-corrected chi connectivity index (χ3v) is 145. The van der Waals surface area contributed by atoms with E-state index in [0.29, 0.717) is 0 Å². The monoisotopic (exact) mass is 1790 g/mol. The molecule has 0 saturated carbocycles. The topological polar surface area (TPSA) is 52.6 Å². The van der Waals surface area contributed by atoms with Crippen molar-refractivity contribution in [3.05, 3.63) is 382 Å². The average Bonchev–Trinajstić information content (AvgIpc) is 1.48. The Morgan fingerprint density at radius 3 is 0.639 bits per heavy atom. The predicted octanol–water partition coefficient (Wildman–Crippen LogP) is 30.1. The Kier molecular flexibility index (Phi) is 15.5. The van der Waals surface area contributed by atoms with Gasteiger partial charge in [-0.05, 0) is 0 Å². The molecule has 22 rings (SSSR count). The standard InChI is InChI=1S/2C55H48O2Si.2ClH.Hf/c2*1-54(2,3)50-30-28-48(56-50)46-32-44-40(38-22-12-18-34-16-8-10-20-36(34)38)24-14-26-42(44)52(46)58(7)53-43-27-15-25-41(39-23-13-19-35-17-9-11-21-37(35)39)45(43)33-47(53)49-29-31-51(57-49)55(4,5)6;;;/h2*8-33,58H,1-7H3;2*1H;/q;;;;+2/p-2. The number of benzene rings is 12. The first kappa shape index (κ1) is 74.9. The second kappa shape index (κ2) is 24.7. The molecular formula is C110H96Cl2HfO4Si2. The molecule has 0 bridgehead atoms. The van der Waals surface area contributed by atoms with Crippen LogP contribution in [-0.2, 0) is 47.5 Å². The maximum absolute atomic E-state index is 12.6. The summed E-state index contributed by atoms with van der Waals surface area (Å²) in [6.45, 7) is 32.7. The molecule has 0 amide bonds. The molecule has 2 aliphatic heterocycles. The molecule has 12 aromatic carbocycles. The van der Waals surface area contributed by atoms with Crippen LogP contribution in [0.4, 0.5) is 0 Å². The summed E-state index contributed by atoms with van der Waals surface area (Å²) in [7, 11) is 18.5. The summed E-state index contributed by atoms with van der Waals surface area (Å²) in [6, 6.07) is 110. The van der Waals surface area contributed by atoms with Crippen LogP contribution in [-0.4, -0.2) is 17.6 Å². The third kappa shape index (κ3) is 8.79. The van der Waals surface area contributed by atoms with Crippen molar-refractivity contribution in [2.45, 2.75) is 129 Å². The summed E-state index contributed by atoms with van der Waals surface area (Å²) in [5, 5.41) is 9.29. The van der Waals surface area contributed by atoms with Gasteiger partial charge in [0.1, 0.15) is 0 Å². The van der Waals surface area contributed by atoms with Crippen LogP contribution in [0.2, 0.25) is 13.1 Å². The Bertz CT molecular complexity index is 6400. The third-order valence-electron chi connectivity index (χ3n) is 29.9. The number of rotatable bonds is 8. The molecule has 586 valence electrons. The van der Waals surface area contributed by atoms with Gasteiger partial charge >= 0.3 is 712 Å². The second-order valence-corrected chi connectivity index (χ2v) is 93.7. The van der Waals surface area contributed by atoms with Crippen molar-refractivity contribution in [3.8, 4) is 44.5 Å². The molecular weight excluding hydrogens is 1690 g/mol. The van der Waals surface area contributed by atoms with Gasteiger partial charge in [0.15, 0.2) is 0 Å². The first-order chi connectivity index (χ1) is 57.0. The van der Waals surface area contributed by atoms with Crippen molar-refractivity contribution >= 4 is 124 Å². The van der Waals surface area contributed by atoms with Gasteiger partial charge in [-0.3, -0.25) is 0 Å². The summed E-state index contributed by atoms with van der Waals surface area (Å²) in [5.74, 6) is 6.60. The number of allylic oxidation sites excluding steroid dienone is 4. The molecule has 5 spiro atoms. The Hall–Kier alpha value is -10.4. The van der Waals surface area contributed by atoms with Crippen LogP contribution >= 0.6 is 17.2 Å². The van der Waals surface area contributed by atoms with E-state index in [4.69, 9.17) is 17.7 Å². The Morgan fingerprint density at radius 2 is 0.429 bits per heavy atom. The first-order valence-corrected chi connectivity index (χ1v) is 63.2. The fraction of sp³-hybridized carbons (Fsp3) is 0.200. The van der Waals surface area contributed by atoms with Gasteiger partial charge in [0.2, 0.25) is 0 Å². The predicted molar refractivity (Wildman–Crippen MR) is 503 cm³/mol. The van der Waals surface area contributed by atoms with Gasteiger partial charge in [-0.25, -0.2) is 0 Å². The number of hydrogen-bond donors (Lipinski definition) is 0. The zero-order chi connectivity index (χ0) is 81.9. The van der Waals surface area contributed by atoms with E-state index in [-0.39, 0.29) is 0 Å². The van der Waals surface area contributed by atoms with Gasteiger partial charge in [0.05, 0.1) is 0 Å². The molecule has 4 unspecified atom stereocenters. The zero-order valence-electron chi connectivity index (χ0n) is 70.1. The number of fused-ring (bicyclic) bond motifs is 16. The van der Waals surface area contributed by atoms with Crippen molar-refractivity contribution in [2.75, 3.05) is 0 Å². The van der Waals surface area contributed by atoms with Gasteiger partial charge in [0, 0.05) is 0 Å². The number of halogens is 2. The van der Waals surface area contributed by atoms with Gasteiger partial charge in [0.25, 0.3) is 0 Å². The molecule has 9 heteroatoms. The van der Waals surface area contributed by atoms with Crippen LogP contribution in [0, 0.1) is 0 Å². The first-order valence-electron chi connectivity index (χ1n) is 42.5. The maximum atomic E-state index is 12.6. The van der Waals surface area contributed by atoms with Crippen molar-refractivity contribution in [3.63, 3.8) is 0 Å². The van der Waals surface area contributed by atoms with Crippen LogP contribution < -0.4 is 0 Å². The van der Waals surface area contributed by atoms with E-state index in [0.717, 1.165) is 200 Å². The normalized spacial score (nSPS) is 22.8. The van der Waals surface area contributed by atoms with E-state index in [2.05, 4.69) is 412 Å². The Balaban J connectivity index is 1.05. The average molecular weight is 1790 g/mol. The van der Waals surface area contributed by atoms with Crippen molar-refractivity contribution < 1.29 is 32.3 Å². The fourth-order valence-corrected chi connectivity index (χ4v) is 192. The molecule has 2 saturated heterocycles. The van der Waals surface area contributed by atoms with Crippen LogP contribution in [0.3, 0.4) is 0 Å². The fourth-order valence-electron chi connectivity index (χ4n) is 25.9. The number of furan rings is 4. The summed E-state index contributed by atoms with van der Waals surface area (Å²) in [6.07, 6.45) is 10.4. The Morgan fingerprint density at radius 1 is 0.235 bits per heavy atom. The van der Waals surface area contributed by atoms with Gasteiger partial charge in [-0.1, -0.05) is 0 Å². The molecule has 16 aromatic rings. The van der Waals surface area contributed by atoms with Crippen LogP contribution in [0.25, 0.3) is 134 Å². The van der Waals surface area contributed by atoms with Gasteiger partial charge < -0.3 is 0 Å². The van der Waals surface area contributed by atoms with E-state index >= 15 is 0 Å². The van der Waals surface area contributed by atoms with E-state index < -0.39 is 65.1 Å². The molecule has 0 N–H and O–H groups in total. The minimum atomic E-state index is -9.24. The molecule has 4 atom stereocenters. The van der Waals surface area contributed by atoms with Crippen molar-refractivity contribution in [1.82, 2.24) is 0 Å². The van der Waals surface area contributed by atoms with Crippen molar-refractivity contribution in [1.29, 1.82) is 0 Å². The SMILES string of the molecule is C[SiH]1[C]2(C(c3ccc(C(C)(C)C)o3)=Cc3c(-c4cccc5ccccc45)cccc32)[Hf]2([Cl])([Cl])([C]13C(c1ccc(C(C)(C)C)o1)=Cc1c(-c4cccc5ccccc45)cccc13)[C]1(C(c3ccc(C(C)(C)C)o3)=Cc3c(-c4cccc5ccccc45)cccc31)[SiH](C)[C]21C(c2ccc(C(C)(C)C)o2)=Cc2c(-c3cccc4ccccc34)cccc21. The summed E-state index contributed by atoms with van der Waals surface area (Å²) in [4.78, 5) is 0. The quantitative estimate of drug-likeness (QED) is 0.142. The van der Waals surface area contributed by atoms with E-state index in [1.807, 2.05) is 0 Å². The van der Waals surface area contributed by atoms with Gasteiger partial charge in [-0.15, -0.1) is 0 Å². The van der Waals surface area contributed by atoms with Crippen LogP contribution in [0.15, 0.2) is 309 Å². The molecule has 119 heavy (non-hydrogen) atoms. The second-order valence-electron chi connectivity index (χ2n) is 39.3. The molecule has 4 aromatic heterocycles. The Labute approximate surface area is 705 Å². The van der Waals surface area contributed by atoms with Gasteiger partial charge in [-0.2, -0.15) is 0 Å². The molecule has 4 aliphatic carbocycles. The van der Waals surface area contributed by atoms with Crippen molar-refractivity contribution in [2.24, 2.45) is 0 Å². The summed E-state index contributed by atoms with van der Waals surface area (Å²) < 4.78 is 27.2. The van der Waals surface area contributed by atoms with E-state index in [1.54, 1.807) is 0 Å². The molecule has 6 heterocycles. The van der Waals surface area contributed by atoms with Crippen LogP contribution in [0.1, 0.15) is 174 Å². The molecule has 2 fully saturated rings. The summed E-state index contributed by atoms with van der Waals surface area (Å²) >= 11 is -9.24. The summed E-state index contributed by atoms with van der Waals surface area (Å²) in [5.41, 5.74) is 20.5. The molecule has 0 radical (unpaired) electrons. The van der Waals surface area contributed by atoms with Crippen LogP contribution in [0.5, 0.6) is 0 Å². The van der Waals surface area contributed by atoms with E-state index in [9.17, 15) is 17.2 Å². The van der Waals surface area contributed by atoms with E-state index in [1.165, 1.54) is 0 Å². The molecule has 6 aliphatic rings. The minimum absolute atomic E-state index is 0.416. The zero-order valence-corrected chi connectivity index (χ0v) is 77.5. The number of hydrogen-bond acceptors (Lipinski definition) is 4.